The predicted octanol–water partition coefficient (Wildman–Crippen LogP) is 9.66. The van der Waals surface area contributed by atoms with Gasteiger partial charge in [0.25, 0.3) is 0 Å². The Bertz CT molecular complexity index is 1870. The van der Waals surface area contributed by atoms with Crippen LogP contribution in [0.5, 0.6) is 0 Å². The highest BCUT2D eigenvalue weighted by Crippen LogP contribution is 2.33. The molecule has 2 aromatic carbocycles. The number of hydrogen-bond acceptors (Lipinski definition) is 8. The lowest BCUT2D eigenvalue weighted by molar-refractivity contribution is -0.132. The summed E-state index contributed by atoms with van der Waals surface area (Å²) in [6, 6.07) is 26.4. The van der Waals surface area contributed by atoms with Crippen molar-refractivity contribution in [3.8, 4) is 0 Å². The Kier molecular flexibility index (Phi) is 22.8. The monoisotopic (exact) mass is 898 g/mol. The molecule has 0 bridgehead atoms. The first kappa shape index (κ1) is 52.9. The lowest BCUT2D eigenvalue weighted by Gasteiger charge is -2.38. The molecule has 4 aromatic rings. The van der Waals surface area contributed by atoms with Gasteiger partial charge in [-0.1, -0.05) is 67.0 Å². The van der Waals surface area contributed by atoms with E-state index in [9.17, 15) is 14.4 Å². The summed E-state index contributed by atoms with van der Waals surface area (Å²) in [4.78, 5) is 52.4. The van der Waals surface area contributed by atoms with Gasteiger partial charge >= 0.3 is 6.09 Å². The number of benzene rings is 2. The fourth-order valence-electron chi connectivity index (χ4n) is 7.46. The molecule has 2 aliphatic rings. The molecule has 2 aromatic heterocycles. The maximum atomic E-state index is 12.8. The molecule has 0 radical (unpaired) electrons. The summed E-state index contributed by atoms with van der Waals surface area (Å²) in [6.07, 6.45) is 7.08. The third-order valence-corrected chi connectivity index (χ3v) is 10.9. The second-order valence-electron chi connectivity index (χ2n) is 15.9. The molecule has 2 fully saturated rings. The number of amides is 3. The minimum Gasteiger partial charge on any atom is -0.444 e. The number of nitrogens with one attached hydrogen (secondary N) is 1. The minimum absolute atomic E-state index is 0. The number of hydrogen-bond donors (Lipinski definition) is 2. The maximum Gasteiger partial charge on any atom is 0.410 e. The van der Waals surface area contributed by atoms with Crippen LogP contribution < -0.4 is 5.32 Å². The number of likely N-dealkylation sites (tertiary alicyclic amines) is 1. The normalized spacial score (nSPS) is 15.1. The van der Waals surface area contributed by atoms with E-state index in [1.165, 1.54) is 0 Å². The predicted molar refractivity (Wildman–Crippen MR) is 248 cm³/mol. The maximum absolute atomic E-state index is 12.8. The highest BCUT2D eigenvalue weighted by molar-refractivity contribution is 6.30. The number of piperidine rings is 2. The first-order valence-electron chi connectivity index (χ1n) is 20.3. The fourth-order valence-corrected chi connectivity index (χ4v) is 7.72. The van der Waals surface area contributed by atoms with Crippen LogP contribution in [0, 0.1) is 11.8 Å². The second-order valence-corrected chi connectivity index (χ2v) is 16.7. The molecule has 6 rings (SSSR count). The van der Waals surface area contributed by atoms with Gasteiger partial charge in [-0.3, -0.25) is 19.6 Å². The van der Waals surface area contributed by atoms with Crippen molar-refractivity contribution >= 4 is 53.5 Å². The van der Waals surface area contributed by atoms with Crippen LogP contribution >= 0.6 is 35.6 Å². The third kappa shape index (κ3) is 16.5. The van der Waals surface area contributed by atoms with Gasteiger partial charge in [0.05, 0.1) is 23.5 Å². The number of pyridine rings is 2. The smallest absolute Gasteiger partial charge is 0.410 e. The average Bonchev–Trinajstić information content (AvgIpc) is 3.23. The summed E-state index contributed by atoms with van der Waals surface area (Å²) in [5.74, 6) is 0.870. The van der Waals surface area contributed by atoms with Crippen molar-refractivity contribution in [2.45, 2.75) is 85.4 Å². The average molecular weight is 900 g/mol. The van der Waals surface area contributed by atoms with Gasteiger partial charge in [0.15, 0.2) is 0 Å². The molecule has 4 heterocycles. The van der Waals surface area contributed by atoms with E-state index in [4.69, 9.17) is 33.0 Å². The molecule has 2 saturated heterocycles. The molecule has 14 heteroatoms. The summed E-state index contributed by atoms with van der Waals surface area (Å²) in [5, 5.41) is 11.7. The van der Waals surface area contributed by atoms with Crippen molar-refractivity contribution in [3.63, 3.8) is 0 Å². The van der Waals surface area contributed by atoms with E-state index in [-0.39, 0.29) is 55.7 Å². The topological polar surface area (TPSA) is 128 Å². The quantitative estimate of drug-likeness (QED) is 0.161. The van der Waals surface area contributed by atoms with Crippen LogP contribution in [0.15, 0.2) is 97.3 Å². The zero-order valence-electron chi connectivity index (χ0n) is 35.6. The Morgan fingerprint density at radius 1 is 0.721 bits per heavy atom. The van der Waals surface area contributed by atoms with Gasteiger partial charge in [-0.15, -0.1) is 12.4 Å². The first-order valence-corrected chi connectivity index (χ1v) is 21.0. The van der Waals surface area contributed by atoms with Crippen LogP contribution in [0.4, 0.5) is 4.79 Å². The van der Waals surface area contributed by atoms with Crippen LogP contribution in [-0.4, -0.2) is 99.7 Å². The van der Waals surface area contributed by atoms with Crippen LogP contribution in [0.3, 0.4) is 0 Å². The summed E-state index contributed by atoms with van der Waals surface area (Å²) in [5.41, 5.74) is 3.19. The number of aromatic nitrogens is 2. The van der Waals surface area contributed by atoms with Gasteiger partial charge < -0.3 is 29.9 Å². The molecular formula is C47H65Cl3N6O5. The summed E-state index contributed by atoms with van der Waals surface area (Å²) >= 11 is 12.2. The van der Waals surface area contributed by atoms with E-state index >= 15 is 0 Å². The van der Waals surface area contributed by atoms with Gasteiger partial charge in [-0.2, -0.15) is 0 Å². The minimum atomic E-state index is -0.506. The zero-order chi connectivity index (χ0) is 43.0. The molecular weight excluding hydrogens is 835 g/mol. The number of carbonyl (C=O) groups is 3. The van der Waals surface area contributed by atoms with E-state index in [1.54, 1.807) is 31.1 Å². The Morgan fingerprint density at radius 2 is 1.11 bits per heavy atom. The van der Waals surface area contributed by atoms with Crippen LogP contribution in [-0.2, 0) is 14.3 Å². The first-order chi connectivity index (χ1) is 28.3. The molecule has 2 unspecified atom stereocenters. The van der Waals surface area contributed by atoms with Gasteiger partial charge in [0, 0.05) is 69.6 Å². The lowest BCUT2D eigenvalue weighted by atomic mass is 9.93. The Morgan fingerprint density at radius 3 is 1.46 bits per heavy atom. The van der Waals surface area contributed by atoms with E-state index in [0.717, 1.165) is 74.9 Å². The zero-order valence-corrected chi connectivity index (χ0v) is 37.9. The SMILES string of the molecule is C.CC(=O)N(CC1CCN(C(=O)OC(C)(C)C)CC1)C(c1ccc(Cl)cc1)c1ccccn1.CC(=O)N(CC1CCNCC1)C(c1ccc(Cl)cc1)c1ccccn1.CO.Cl. The molecule has 2 atom stereocenters. The number of rotatable bonds is 10. The van der Waals surface area contributed by atoms with E-state index in [0.29, 0.717) is 35.6 Å². The van der Waals surface area contributed by atoms with Crippen molar-refractivity contribution in [2.75, 3.05) is 46.4 Å². The standard InChI is InChI=1S/C25H32ClN3O3.C20H24ClN3O.CH4O.CH4.ClH/c1-18(30)29(17-19-12-15-28(16-13-19)24(31)32-25(2,3)4)23(22-7-5-6-14-27-22)20-8-10-21(26)11-9-20;1-15(25)24(14-16-9-12-22-13-10-16)20(19-4-2-3-11-23-19)17-5-7-18(21)8-6-17;1-2;;/h5-11,14,19,23H,12-13,15-17H2,1-4H3;2-8,11,16,20,22H,9-10,12-14H2,1H3;2H,1H3;1H4;1H. The number of aliphatic hydroxyl groups excluding tert-OH is 1. The van der Waals surface area contributed by atoms with Crippen LogP contribution in [0.1, 0.15) is 102 Å². The summed E-state index contributed by atoms with van der Waals surface area (Å²) in [7, 11) is 1.00. The molecule has 0 saturated carbocycles. The molecule has 61 heavy (non-hydrogen) atoms. The highest BCUT2D eigenvalue weighted by atomic mass is 35.5. The number of nitrogens with zero attached hydrogens (tertiary/aromatic N) is 5. The van der Waals surface area contributed by atoms with Gasteiger partial charge in [0.2, 0.25) is 11.8 Å². The van der Waals surface area contributed by atoms with Crippen LogP contribution in [0.25, 0.3) is 0 Å². The third-order valence-electron chi connectivity index (χ3n) is 10.4. The Hall–Kier alpha value is -4.26. The van der Waals surface area contributed by atoms with E-state index in [2.05, 4.69) is 15.3 Å². The van der Waals surface area contributed by atoms with Crippen molar-refractivity contribution in [1.29, 1.82) is 0 Å². The largest absolute Gasteiger partial charge is 0.444 e. The van der Waals surface area contributed by atoms with E-state index < -0.39 is 5.60 Å². The summed E-state index contributed by atoms with van der Waals surface area (Å²) in [6.45, 7) is 13.5. The molecule has 334 valence electrons. The molecule has 0 aliphatic carbocycles. The van der Waals surface area contributed by atoms with Crippen molar-refractivity contribution < 1.29 is 24.2 Å². The van der Waals surface area contributed by atoms with Gasteiger partial charge in [-0.25, -0.2) is 4.79 Å². The van der Waals surface area contributed by atoms with Crippen molar-refractivity contribution in [3.05, 3.63) is 130 Å². The lowest BCUT2D eigenvalue weighted by Crippen LogP contribution is -2.45. The Labute approximate surface area is 379 Å². The number of ether oxygens (including phenoxy) is 1. The fraction of sp³-hybridized carbons (Fsp3) is 0.468. The number of carbonyl (C=O) groups excluding carboxylic acids is 3. The molecule has 2 aliphatic heterocycles. The van der Waals surface area contributed by atoms with Crippen molar-refractivity contribution in [1.82, 2.24) is 30.0 Å². The van der Waals surface area contributed by atoms with Gasteiger partial charge in [0.1, 0.15) is 5.60 Å². The summed E-state index contributed by atoms with van der Waals surface area (Å²) < 4.78 is 5.50. The molecule has 3 amide bonds. The molecule has 11 nitrogen and oxygen atoms in total. The highest BCUT2D eigenvalue weighted by Gasteiger charge is 2.32. The van der Waals surface area contributed by atoms with Crippen molar-refractivity contribution in [2.24, 2.45) is 11.8 Å². The molecule has 0 spiro atoms. The van der Waals surface area contributed by atoms with E-state index in [1.807, 2.05) is 116 Å². The molecule has 2 N–H and O–H groups in total. The van der Waals surface area contributed by atoms with Crippen LogP contribution in [0.2, 0.25) is 10.0 Å². The number of aliphatic hydroxyl groups is 1. The van der Waals surface area contributed by atoms with Gasteiger partial charge in [-0.05, 0) is 131 Å². The second kappa shape index (κ2) is 26.3. The number of halogens is 3. The Balaban J connectivity index is 0.000000401.